The highest BCUT2D eigenvalue weighted by Crippen LogP contribution is 2.56. The number of halogens is 2. The number of aromatic nitrogens is 1. The van der Waals surface area contributed by atoms with Gasteiger partial charge in [-0.2, -0.15) is 0 Å². The van der Waals surface area contributed by atoms with E-state index in [-0.39, 0.29) is 0 Å². The highest BCUT2D eigenvalue weighted by atomic mass is 32.1. The summed E-state index contributed by atoms with van der Waals surface area (Å²) >= 11 is 1.34. The zero-order chi connectivity index (χ0) is 16.0. The van der Waals surface area contributed by atoms with Gasteiger partial charge in [0.2, 0.25) is 0 Å². The minimum atomic E-state index is -2.77. The van der Waals surface area contributed by atoms with Crippen LogP contribution < -0.4 is 0 Å². The number of thiophene rings is 1. The Labute approximate surface area is 131 Å². The number of hydrogen-bond donors (Lipinski definition) is 0. The lowest BCUT2D eigenvalue weighted by Crippen LogP contribution is -2.51. The number of hydrogen-bond acceptors (Lipinski definition) is 4. The van der Waals surface area contributed by atoms with E-state index in [0.29, 0.717) is 4.88 Å². The molecule has 2 heterocycles. The van der Waals surface area contributed by atoms with Crippen molar-refractivity contribution < 1.29 is 18.3 Å². The van der Waals surface area contributed by atoms with Crippen LogP contribution in [0.5, 0.6) is 0 Å². The van der Waals surface area contributed by atoms with Gasteiger partial charge in [-0.25, -0.2) is 13.8 Å². The second-order valence-electron chi connectivity index (χ2n) is 5.86. The zero-order valence-corrected chi connectivity index (χ0v) is 13.3. The molecule has 0 saturated heterocycles. The summed E-state index contributed by atoms with van der Waals surface area (Å²) in [4.78, 5) is 17.3. The van der Waals surface area contributed by atoms with E-state index in [0.717, 1.165) is 28.8 Å². The van der Waals surface area contributed by atoms with Gasteiger partial charge in [0.1, 0.15) is 4.83 Å². The molecule has 3 rings (SSSR count). The number of fused-ring (bicyclic) bond motifs is 1. The molecule has 6 heteroatoms. The van der Waals surface area contributed by atoms with E-state index in [1.807, 2.05) is 18.2 Å². The first-order valence-electron chi connectivity index (χ1n) is 7.31. The quantitative estimate of drug-likeness (QED) is 0.780. The summed E-state index contributed by atoms with van der Waals surface area (Å²) in [6, 6.07) is 5.72. The van der Waals surface area contributed by atoms with Crippen molar-refractivity contribution in [3.05, 3.63) is 28.8 Å². The van der Waals surface area contributed by atoms with Gasteiger partial charge in [-0.1, -0.05) is 19.4 Å². The van der Waals surface area contributed by atoms with E-state index in [4.69, 9.17) is 4.74 Å². The largest absolute Gasteiger partial charge is 0.453 e. The molecule has 0 bridgehead atoms. The van der Waals surface area contributed by atoms with Crippen LogP contribution in [0.15, 0.2) is 18.2 Å². The lowest BCUT2D eigenvalue weighted by Gasteiger charge is -2.45. The normalized spacial score (nSPS) is 18.9. The number of carbonyl (C=O) groups is 1. The molecular weight excluding hydrogens is 308 g/mol. The molecule has 118 valence electrons. The van der Waals surface area contributed by atoms with Crippen LogP contribution in [-0.2, 0) is 21.6 Å². The molecule has 1 aliphatic rings. The van der Waals surface area contributed by atoms with E-state index >= 15 is 0 Å². The third kappa shape index (κ3) is 2.72. The van der Waals surface area contributed by atoms with E-state index in [1.165, 1.54) is 18.3 Å². The molecule has 0 radical (unpaired) electrons. The van der Waals surface area contributed by atoms with E-state index in [1.54, 1.807) is 0 Å². The molecule has 2 aromatic rings. The molecular formula is C16H17F2NO2S. The van der Waals surface area contributed by atoms with Crippen LogP contribution in [0, 0.1) is 0 Å². The first kappa shape index (κ1) is 15.3. The predicted octanol–water partition coefficient (Wildman–Crippen LogP) is 4.44. The molecule has 0 unspecified atom stereocenters. The average molecular weight is 325 g/mol. The van der Waals surface area contributed by atoms with Gasteiger partial charge in [0, 0.05) is 18.0 Å². The fourth-order valence-corrected chi connectivity index (χ4v) is 4.11. The molecule has 0 spiro atoms. The van der Waals surface area contributed by atoms with Crippen molar-refractivity contribution >= 4 is 27.5 Å². The van der Waals surface area contributed by atoms with Gasteiger partial charge in [-0.15, -0.1) is 11.3 Å². The van der Waals surface area contributed by atoms with Crippen molar-refractivity contribution in [3.63, 3.8) is 0 Å². The lowest BCUT2D eigenvalue weighted by molar-refractivity contribution is -0.228. The zero-order valence-electron chi connectivity index (χ0n) is 12.5. The Hall–Kier alpha value is -1.56. The van der Waals surface area contributed by atoms with Crippen molar-refractivity contribution in [1.29, 1.82) is 0 Å². The summed E-state index contributed by atoms with van der Waals surface area (Å²) < 4.78 is 32.0. The van der Waals surface area contributed by atoms with Crippen LogP contribution in [0.25, 0.3) is 10.2 Å². The van der Waals surface area contributed by atoms with Gasteiger partial charge in [-0.3, -0.25) is 4.79 Å². The Morgan fingerprint density at radius 3 is 2.73 bits per heavy atom. The maximum Gasteiger partial charge on any atom is 0.303 e. The number of alkyl halides is 2. The number of nitrogens with zero attached hydrogens (tertiary/aromatic N) is 1. The van der Waals surface area contributed by atoms with Crippen LogP contribution in [-0.4, -0.2) is 16.9 Å². The third-order valence-corrected chi connectivity index (χ3v) is 5.05. The van der Waals surface area contributed by atoms with Gasteiger partial charge in [0.05, 0.1) is 17.7 Å². The number of pyridine rings is 1. The van der Waals surface area contributed by atoms with Crippen molar-refractivity contribution in [3.8, 4) is 0 Å². The predicted molar refractivity (Wildman–Crippen MR) is 81.2 cm³/mol. The number of rotatable bonds is 4. The molecule has 0 aromatic carbocycles. The molecule has 22 heavy (non-hydrogen) atoms. The molecule has 0 amide bonds. The molecule has 1 saturated carbocycles. The van der Waals surface area contributed by atoms with Crippen LogP contribution >= 0.6 is 11.3 Å². The SMILES string of the molecule is CCCc1ccc2cc(C3(OC(C)=O)CC(F)(F)C3)sc2n1. The first-order chi connectivity index (χ1) is 10.3. The Kier molecular flexibility index (Phi) is 3.67. The molecule has 0 atom stereocenters. The second kappa shape index (κ2) is 5.26. The smallest absolute Gasteiger partial charge is 0.303 e. The summed E-state index contributed by atoms with van der Waals surface area (Å²) in [6.07, 6.45) is 0.985. The van der Waals surface area contributed by atoms with Gasteiger partial charge in [-0.05, 0) is 18.6 Å². The summed E-state index contributed by atoms with van der Waals surface area (Å²) in [7, 11) is 0. The highest BCUT2D eigenvalue weighted by molar-refractivity contribution is 7.18. The summed E-state index contributed by atoms with van der Waals surface area (Å²) in [6.45, 7) is 3.33. The molecule has 0 N–H and O–H groups in total. The van der Waals surface area contributed by atoms with Gasteiger partial charge in [0.15, 0.2) is 5.60 Å². The van der Waals surface area contributed by atoms with Crippen molar-refractivity contribution in [2.75, 3.05) is 0 Å². The Morgan fingerprint density at radius 1 is 1.41 bits per heavy atom. The Balaban J connectivity index is 1.98. The fraction of sp³-hybridized carbons (Fsp3) is 0.500. The van der Waals surface area contributed by atoms with Crippen molar-refractivity contribution in [1.82, 2.24) is 4.98 Å². The van der Waals surface area contributed by atoms with Crippen LogP contribution in [0.3, 0.4) is 0 Å². The molecule has 0 aliphatic heterocycles. The number of aryl methyl sites for hydroxylation is 1. The fourth-order valence-electron chi connectivity index (χ4n) is 2.93. The van der Waals surface area contributed by atoms with Crippen molar-refractivity contribution in [2.24, 2.45) is 0 Å². The lowest BCUT2D eigenvalue weighted by atomic mass is 9.75. The summed E-state index contributed by atoms with van der Waals surface area (Å²) in [5.74, 6) is -3.31. The molecule has 1 fully saturated rings. The number of carbonyl (C=O) groups excluding carboxylic acids is 1. The Bertz CT molecular complexity index is 718. The van der Waals surface area contributed by atoms with Crippen LogP contribution in [0.2, 0.25) is 0 Å². The topological polar surface area (TPSA) is 39.2 Å². The summed E-state index contributed by atoms with van der Waals surface area (Å²) in [5.41, 5.74) is -0.199. The molecule has 3 nitrogen and oxygen atoms in total. The monoisotopic (exact) mass is 325 g/mol. The maximum absolute atomic E-state index is 13.4. The average Bonchev–Trinajstić information content (AvgIpc) is 2.79. The van der Waals surface area contributed by atoms with Crippen LogP contribution in [0.4, 0.5) is 8.78 Å². The van der Waals surface area contributed by atoms with Gasteiger partial charge >= 0.3 is 5.97 Å². The minimum absolute atomic E-state index is 0.450. The van der Waals surface area contributed by atoms with Crippen LogP contribution in [0.1, 0.15) is 43.7 Å². The number of ether oxygens (including phenoxy) is 1. The van der Waals surface area contributed by atoms with Crippen molar-refractivity contribution in [2.45, 2.75) is 51.1 Å². The van der Waals surface area contributed by atoms with E-state index in [9.17, 15) is 13.6 Å². The highest BCUT2D eigenvalue weighted by Gasteiger charge is 2.60. The molecule has 2 aromatic heterocycles. The second-order valence-corrected chi connectivity index (χ2v) is 6.89. The van der Waals surface area contributed by atoms with Gasteiger partial charge < -0.3 is 4.74 Å². The van der Waals surface area contributed by atoms with Gasteiger partial charge in [0.25, 0.3) is 5.92 Å². The first-order valence-corrected chi connectivity index (χ1v) is 8.13. The third-order valence-electron chi connectivity index (χ3n) is 3.82. The number of esters is 1. The minimum Gasteiger partial charge on any atom is -0.453 e. The standard InChI is InChI=1S/C16H17F2NO2S/c1-3-4-12-6-5-11-7-13(22-14(11)19-12)15(21-10(2)20)8-16(17,18)9-15/h5-7H,3-4,8-9H2,1-2H3. The summed E-state index contributed by atoms with van der Waals surface area (Å²) in [5, 5.41) is 0.904. The Morgan fingerprint density at radius 2 is 2.14 bits per heavy atom. The van der Waals surface area contributed by atoms with E-state index < -0.39 is 30.3 Å². The van der Waals surface area contributed by atoms with E-state index in [2.05, 4.69) is 11.9 Å². The molecule has 1 aliphatic carbocycles. The maximum atomic E-state index is 13.4.